The van der Waals surface area contributed by atoms with Crippen LogP contribution in [-0.2, 0) is 0 Å². The Morgan fingerprint density at radius 3 is 2.50 bits per heavy atom. The molecule has 2 heterocycles. The molecule has 0 N–H and O–H groups in total. The monoisotopic (exact) mass is 263 g/mol. The van der Waals surface area contributed by atoms with Gasteiger partial charge in [0.2, 0.25) is 0 Å². The van der Waals surface area contributed by atoms with E-state index in [1.807, 2.05) is 24.3 Å². The van der Waals surface area contributed by atoms with Gasteiger partial charge in [0.1, 0.15) is 0 Å². The summed E-state index contributed by atoms with van der Waals surface area (Å²) >= 11 is 0. The van der Waals surface area contributed by atoms with Crippen molar-refractivity contribution < 1.29 is 4.79 Å². The first-order chi connectivity index (χ1) is 9.77. The van der Waals surface area contributed by atoms with E-state index in [1.54, 1.807) is 0 Å². The van der Waals surface area contributed by atoms with Gasteiger partial charge in [-0.3, -0.25) is 9.69 Å². The SMILES string of the molecule is CN1[C@@H]2C[C@@H](c3ccccc3)[C@H]1C(=O)c1ccccc12. The summed E-state index contributed by atoms with van der Waals surface area (Å²) in [5.74, 6) is 0.594. The lowest BCUT2D eigenvalue weighted by Gasteiger charge is -2.32. The summed E-state index contributed by atoms with van der Waals surface area (Å²) < 4.78 is 0. The molecule has 2 nitrogen and oxygen atoms in total. The average molecular weight is 263 g/mol. The third kappa shape index (κ3) is 1.52. The van der Waals surface area contributed by atoms with Crippen molar-refractivity contribution >= 4 is 5.78 Å². The number of nitrogens with zero attached hydrogens (tertiary/aromatic N) is 1. The summed E-state index contributed by atoms with van der Waals surface area (Å²) in [5, 5.41) is 0. The molecule has 1 fully saturated rings. The molecule has 0 saturated carbocycles. The minimum atomic E-state index is -0.00250. The van der Waals surface area contributed by atoms with Crippen LogP contribution in [0, 0.1) is 0 Å². The van der Waals surface area contributed by atoms with E-state index in [0.29, 0.717) is 12.0 Å². The van der Waals surface area contributed by atoms with E-state index in [0.717, 1.165) is 12.0 Å². The van der Waals surface area contributed by atoms with Gasteiger partial charge in [-0.15, -0.1) is 0 Å². The summed E-state index contributed by atoms with van der Waals surface area (Å²) in [4.78, 5) is 15.1. The predicted octanol–water partition coefficient (Wildman–Crippen LogP) is 3.41. The van der Waals surface area contributed by atoms with Crippen LogP contribution >= 0.6 is 0 Å². The van der Waals surface area contributed by atoms with Crippen LogP contribution in [0.4, 0.5) is 0 Å². The van der Waals surface area contributed by atoms with Gasteiger partial charge in [0, 0.05) is 17.5 Å². The second-order valence-corrected chi connectivity index (χ2v) is 5.83. The minimum absolute atomic E-state index is 0.00250. The van der Waals surface area contributed by atoms with Crippen molar-refractivity contribution in [3.8, 4) is 0 Å². The van der Waals surface area contributed by atoms with Crippen molar-refractivity contribution in [3.05, 3.63) is 71.3 Å². The summed E-state index contributed by atoms with van der Waals surface area (Å²) in [7, 11) is 2.09. The molecule has 0 radical (unpaired) electrons. The fraction of sp³-hybridized carbons (Fsp3) is 0.278. The van der Waals surface area contributed by atoms with Crippen molar-refractivity contribution in [2.75, 3.05) is 7.05 Å². The standard InChI is InChI=1S/C18H17NO/c1-19-16-11-15(12-7-3-2-4-8-12)17(19)18(20)14-10-6-5-9-13(14)16/h2-10,15-17H,11H2,1H3/t15-,16+,17-/m0/s1. The molecule has 2 bridgehead atoms. The van der Waals surface area contributed by atoms with Crippen molar-refractivity contribution in [1.29, 1.82) is 0 Å². The smallest absolute Gasteiger partial charge is 0.180 e. The van der Waals surface area contributed by atoms with Crippen LogP contribution in [0.15, 0.2) is 54.6 Å². The van der Waals surface area contributed by atoms with Gasteiger partial charge in [-0.1, -0.05) is 54.6 Å². The molecule has 2 heteroatoms. The molecule has 2 aromatic rings. The van der Waals surface area contributed by atoms with Crippen LogP contribution < -0.4 is 0 Å². The Morgan fingerprint density at radius 1 is 1.00 bits per heavy atom. The number of ketones is 1. The predicted molar refractivity (Wildman–Crippen MR) is 78.9 cm³/mol. The van der Waals surface area contributed by atoms with Gasteiger partial charge in [-0.25, -0.2) is 0 Å². The molecule has 20 heavy (non-hydrogen) atoms. The maximum atomic E-state index is 12.8. The summed E-state index contributed by atoms with van der Waals surface area (Å²) in [6, 6.07) is 18.9. The highest BCUT2D eigenvalue weighted by Crippen LogP contribution is 2.49. The van der Waals surface area contributed by atoms with Gasteiger partial charge in [0.05, 0.1) is 6.04 Å². The molecule has 1 saturated heterocycles. The molecule has 2 aromatic carbocycles. The number of Topliss-reactive ketones (excluding diaryl/α,β-unsaturated/α-hetero) is 1. The van der Waals surface area contributed by atoms with Gasteiger partial charge in [0.25, 0.3) is 0 Å². The lowest BCUT2D eigenvalue weighted by atomic mass is 9.88. The quantitative estimate of drug-likeness (QED) is 0.786. The largest absolute Gasteiger partial charge is 0.292 e. The van der Waals surface area contributed by atoms with Crippen molar-refractivity contribution in [2.24, 2.45) is 0 Å². The number of fused-ring (bicyclic) bond motifs is 4. The van der Waals surface area contributed by atoms with Crippen LogP contribution in [0.5, 0.6) is 0 Å². The van der Waals surface area contributed by atoms with Crippen molar-refractivity contribution in [1.82, 2.24) is 4.90 Å². The molecule has 4 rings (SSSR count). The zero-order valence-electron chi connectivity index (χ0n) is 11.5. The molecule has 0 amide bonds. The van der Waals surface area contributed by atoms with Gasteiger partial charge >= 0.3 is 0 Å². The van der Waals surface area contributed by atoms with Crippen LogP contribution in [0.25, 0.3) is 0 Å². The maximum absolute atomic E-state index is 12.8. The van der Waals surface area contributed by atoms with Crippen LogP contribution in [0.2, 0.25) is 0 Å². The van der Waals surface area contributed by atoms with E-state index in [9.17, 15) is 4.79 Å². The second-order valence-electron chi connectivity index (χ2n) is 5.83. The Morgan fingerprint density at radius 2 is 1.70 bits per heavy atom. The Labute approximate surface area is 119 Å². The van der Waals surface area contributed by atoms with Crippen LogP contribution in [-0.4, -0.2) is 23.8 Å². The fourth-order valence-electron chi connectivity index (χ4n) is 3.92. The molecule has 0 aliphatic carbocycles. The van der Waals surface area contributed by atoms with E-state index in [2.05, 4.69) is 42.3 Å². The Hall–Kier alpha value is -1.93. The third-order valence-electron chi connectivity index (χ3n) is 4.87. The first kappa shape index (κ1) is 11.9. The summed E-state index contributed by atoms with van der Waals surface area (Å²) in [6.45, 7) is 0. The number of carbonyl (C=O) groups excluding carboxylic acids is 1. The van der Waals surface area contributed by atoms with Gasteiger partial charge < -0.3 is 0 Å². The van der Waals surface area contributed by atoms with Gasteiger partial charge in [-0.05, 0) is 24.6 Å². The molecule has 3 atom stereocenters. The van der Waals surface area contributed by atoms with Gasteiger partial charge in [-0.2, -0.15) is 0 Å². The highest BCUT2D eigenvalue weighted by Gasteiger charge is 2.49. The molecular weight excluding hydrogens is 246 g/mol. The fourth-order valence-corrected chi connectivity index (χ4v) is 3.92. The minimum Gasteiger partial charge on any atom is -0.292 e. The summed E-state index contributed by atoms with van der Waals surface area (Å²) in [6.07, 6.45) is 1.04. The van der Waals surface area contributed by atoms with Crippen LogP contribution in [0.3, 0.4) is 0 Å². The molecule has 100 valence electrons. The molecule has 2 aliphatic heterocycles. The number of rotatable bonds is 1. The lowest BCUT2D eigenvalue weighted by Crippen LogP contribution is -2.41. The second kappa shape index (κ2) is 4.29. The van der Waals surface area contributed by atoms with Gasteiger partial charge in [0.15, 0.2) is 5.78 Å². The van der Waals surface area contributed by atoms with E-state index < -0.39 is 0 Å². The molecule has 0 spiro atoms. The van der Waals surface area contributed by atoms with E-state index in [1.165, 1.54) is 11.1 Å². The zero-order valence-corrected chi connectivity index (χ0v) is 11.5. The van der Waals surface area contributed by atoms with E-state index >= 15 is 0 Å². The Kier molecular flexibility index (Phi) is 2.54. The average Bonchev–Trinajstić information content (AvgIpc) is 2.77. The Bertz CT molecular complexity index is 664. The van der Waals surface area contributed by atoms with Crippen molar-refractivity contribution in [3.63, 3.8) is 0 Å². The Balaban J connectivity index is 1.83. The lowest BCUT2D eigenvalue weighted by molar-refractivity contribution is 0.0826. The maximum Gasteiger partial charge on any atom is 0.180 e. The third-order valence-corrected chi connectivity index (χ3v) is 4.87. The highest BCUT2D eigenvalue weighted by atomic mass is 16.1. The number of likely N-dealkylation sites (N-methyl/N-ethyl adjacent to an activating group) is 1. The molecule has 0 unspecified atom stereocenters. The highest BCUT2D eigenvalue weighted by molar-refractivity contribution is 6.03. The van der Waals surface area contributed by atoms with Crippen LogP contribution in [0.1, 0.15) is 39.9 Å². The van der Waals surface area contributed by atoms with E-state index in [4.69, 9.17) is 0 Å². The normalized spacial score (nSPS) is 28.4. The molecular formula is C18H17NO. The first-order valence-electron chi connectivity index (χ1n) is 7.17. The molecule has 2 aliphatic rings. The molecule has 0 aromatic heterocycles. The topological polar surface area (TPSA) is 20.3 Å². The van der Waals surface area contributed by atoms with E-state index in [-0.39, 0.29) is 11.8 Å². The number of benzene rings is 2. The summed E-state index contributed by atoms with van der Waals surface area (Å²) in [5.41, 5.74) is 3.42. The number of hydrogen-bond acceptors (Lipinski definition) is 2. The number of carbonyl (C=O) groups is 1. The number of hydrogen-bond donors (Lipinski definition) is 0. The zero-order chi connectivity index (χ0) is 13.7. The first-order valence-corrected chi connectivity index (χ1v) is 7.17. The van der Waals surface area contributed by atoms with Crippen molar-refractivity contribution in [2.45, 2.75) is 24.4 Å².